The van der Waals surface area contributed by atoms with E-state index in [0.29, 0.717) is 17.8 Å². The van der Waals surface area contributed by atoms with Crippen molar-refractivity contribution in [1.82, 2.24) is 0 Å². The summed E-state index contributed by atoms with van der Waals surface area (Å²) in [6, 6.07) is 11.3. The molecule has 0 spiro atoms. The molecule has 0 saturated carbocycles. The Bertz CT molecular complexity index is 781. The largest absolute Gasteiger partial charge is 0.536 e. The lowest BCUT2D eigenvalue weighted by molar-refractivity contribution is 0.600. The fourth-order valence-electron chi connectivity index (χ4n) is 3.88. The van der Waals surface area contributed by atoms with Crippen LogP contribution in [0.3, 0.4) is 0 Å². The van der Waals surface area contributed by atoms with Gasteiger partial charge in [0.25, 0.3) is 0 Å². The average molecular weight is 349 g/mol. The van der Waals surface area contributed by atoms with Gasteiger partial charge in [0, 0.05) is 0 Å². The normalized spacial score (nSPS) is 13.8. The van der Waals surface area contributed by atoms with Gasteiger partial charge < -0.3 is 9.47 Å². The second-order valence-electron chi connectivity index (χ2n) is 8.63. The quantitative estimate of drug-likeness (QED) is 0.667. The summed E-state index contributed by atoms with van der Waals surface area (Å²) in [4.78, 5) is 2.30. The summed E-state index contributed by atoms with van der Waals surface area (Å²) in [5.74, 6) is 2.44. The summed E-state index contributed by atoms with van der Waals surface area (Å²) < 4.78 is 6.47. The van der Waals surface area contributed by atoms with Crippen LogP contribution in [-0.2, 0) is 0 Å². The van der Waals surface area contributed by atoms with Crippen LogP contribution in [0.4, 0.5) is 5.69 Å². The smallest absolute Gasteiger partial charge is 0.519 e. The standard InChI is InChI=1S/C23H32BNO/c1-14(2)18-12-19(15(3)4)23(20(13-18)16(5)6)24-25(8)21-11-17(7)9-10-22(21)26-24/h9-16H,1-8H3. The molecule has 138 valence electrons. The first kappa shape index (κ1) is 18.9. The number of rotatable bonds is 4. The van der Waals surface area contributed by atoms with Crippen molar-refractivity contribution in [2.45, 2.75) is 66.2 Å². The molecule has 2 nitrogen and oxygen atoms in total. The molecular formula is C23H32BNO. The van der Waals surface area contributed by atoms with Gasteiger partial charge in [0.2, 0.25) is 0 Å². The second kappa shape index (κ2) is 7.02. The summed E-state index contributed by atoms with van der Waals surface area (Å²) in [5, 5.41) is 0. The van der Waals surface area contributed by atoms with Gasteiger partial charge in [-0.2, -0.15) is 0 Å². The molecule has 3 rings (SSSR count). The monoisotopic (exact) mass is 349 g/mol. The zero-order chi connectivity index (χ0) is 19.2. The molecule has 0 fully saturated rings. The number of nitrogens with zero attached hydrogens (tertiary/aromatic N) is 1. The molecular weight excluding hydrogens is 317 g/mol. The van der Waals surface area contributed by atoms with Crippen LogP contribution < -0.4 is 14.9 Å². The Morgan fingerprint density at radius 1 is 0.846 bits per heavy atom. The van der Waals surface area contributed by atoms with Gasteiger partial charge in [0.05, 0.1) is 5.69 Å². The number of anilines is 1. The van der Waals surface area contributed by atoms with Gasteiger partial charge in [-0.25, -0.2) is 0 Å². The molecule has 0 saturated heterocycles. The predicted molar refractivity (Wildman–Crippen MR) is 114 cm³/mol. The van der Waals surface area contributed by atoms with E-state index >= 15 is 0 Å². The maximum atomic E-state index is 6.47. The zero-order valence-corrected chi connectivity index (χ0v) is 17.6. The molecule has 26 heavy (non-hydrogen) atoms. The maximum Gasteiger partial charge on any atom is 0.519 e. The number of fused-ring (bicyclic) bond motifs is 1. The zero-order valence-electron chi connectivity index (χ0n) is 17.6. The van der Waals surface area contributed by atoms with Crippen molar-refractivity contribution in [2.24, 2.45) is 0 Å². The maximum absolute atomic E-state index is 6.47. The van der Waals surface area contributed by atoms with Gasteiger partial charge in [-0.15, -0.1) is 0 Å². The molecule has 2 aromatic carbocycles. The molecule has 2 aromatic rings. The van der Waals surface area contributed by atoms with Gasteiger partial charge >= 0.3 is 7.05 Å². The molecule has 1 aliphatic heterocycles. The van der Waals surface area contributed by atoms with Crippen molar-refractivity contribution in [3.63, 3.8) is 0 Å². The molecule has 3 heteroatoms. The van der Waals surface area contributed by atoms with Crippen LogP contribution in [0.2, 0.25) is 0 Å². The van der Waals surface area contributed by atoms with E-state index in [1.807, 2.05) is 0 Å². The number of hydrogen-bond donors (Lipinski definition) is 0. The third kappa shape index (κ3) is 3.24. The van der Waals surface area contributed by atoms with Crippen LogP contribution in [0.15, 0.2) is 30.3 Å². The minimum atomic E-state index is -0.0530. The SMILES string of the molecule is Cc1ccc2c(c1)N(C)B(c1c(C(C)C)cc(C(C)C)cc1C(C)C)O2. The third-order valence-electron chi connectivity index (χ3n) is 5.51. The first-order valence-electron chi connectivity index (χ1n) is 9.88. The van der Waals surface area contributed by atoms with E-state index in [4.69, 9.17) is 4.65 Å². The van der Waals surface area contributed by atoms with Gasteiger partial charge in [0.15, 0.2) is 0 Å². The molecule has 1 aliphatic rings. The third-order valence-corrected chi connectivity index (χ3v) is 5.51. The summed E-state index contributed by atoms with van der Waals surface area (Å²) in [7, 11) is 2.10. The van der Waals surface area contributed by atoms with Crippen LogP contribution in [0.5, 0.6) is 5.75 Å². The van der Waals surface area contributed by atoms with E-state index < -0.39 is 0 Å². The van der Waals surface area contributed by atoms with Crippen molar-refractivity contribution < 1.29 is 4.65 Å². The van der Waals surface area contributed by atoms with E-state index in [2.05, 4.69) is 90.7 Å². The molecule has 0 N–H and O–H groups in total. The highest BCUT2D eigenvalue weighted by molar-refractivity contribution is 6.74. The van der Waals surface area contributed by atoms with Gasteiger partial charge in [0.1, 0.15) is 5.75 Å². The molecule has 0 aromatic heterocycles. The second-order valence-corrected chi connectivity index (χ2v) is 8.63. The predicted octanol–water partition coefficient (Wildman–Crippen LogP) is 5.59. The van der Waals surface area contributed by atoms with Gasteiger partial charge in [-0.1, -0.05) is 59.7 Å². The van der Waals surface area contributed by atoms with Crippen LogP contribution in [-0.4, -0.2) is 14.1 Å². The lowest BCUT2D eigenvalue weighted by Crippen LogP contribution is -2.51. The fraction of sp³-hybridized carbons (Fsp3) is 0.478. The van der Waals surface area contributed by atoms with Crippen molar-refractivity contribution in [1.29, 1.82) is 0 Å². The van der Waals surface area contributed by atoms with E-state index in [9.17, 15) is 0 Å². The Balaban J connectivity index is 2.18. The fourth-order valence-corrected chi connectivity index (χ4v) is 3.88. The highest BCUT2D eigenvalue weighted by Gasteiger charge is 2.40. The van der Waals surface area contributed by atoms with Crippen LogP contribution in [0.1, 0.15) is 81.5 Å². The Morgan fingerprint density at radius 3 is 1.92 bits per heavy atom. The Labute approximate surface area is 159 Å². The first-order chi connectivity index (χ1) is 12.2. The minimum absolute atomic E-state index is 0.0530. The van der Waals surface area contributed by atoms with Crippen molar-refractivity contribution >= 4 is 18.2 Å². The lowest BCUT2D eigenvalue weighted by Gasteiger charge is -2.27. The van der Waals surface area contributed by atoms with Crippen molar-refractivity contribution in [3.8, 4) is 5.75 Å². The van der Waals surface area contributed by atoms with E-state index in [1.54, 1.807) is 0 Å². The van der Waals surface area contributed by atoms with E-state index in [-0.39, 0.29) is 7.05 Å². The van der Waals surface area contributed by atoms with Crippen molar-refractivity contribution in [2.75, 3.05) is 11.9 Å². The lowest BCUT2D eigenvalue weighted by atomic mass is 9.63. The average Bonchev–Trinajstić information content (AvgIpc) is 2.89. The number of aryl methyl sites for hydroxylation is 1. The summed E-state index contributed by atoms with van der Waals surface area (Å²) in [6.45, 7) is 15.9. The molecule has 0 amide bonds. The van der Waals surface area contributed by atoms with Crippen molar-refractivity contribution in [3.05, 3.63) is 52.6 Å². The topological polar surface area (TPSA) is 12.5 Å². The van der Waals surface area contributed by atoms with E-state index in [1.165, 1.54) is 33.4 Å². The van der Waals surface area contributed by atoms with Gasteiger partial charge in [-0.3, -0.25) is 0 Å². The number of benzene rings is 2. The van der Waals surface area contributed by atoms with Crippen LogP contribution in [0, 0.1) is 6.92 Å². The summed E-state index contributed by atoms with van der Waals surface area (Å²) >= 11 is 0. The Hall–Kier alpha value is -1.90. The molecule has 0 aliphatic carbocycles. The molecule has 1 heterocycles. The summed E-state index contributed by atoms with van der Waals surface area (Å²) in [5.41, 5.74) is 8.07. The Morgan fingerprint density at radius 2 is 1.42 bits per heavy atom. The molecule has 0 unspecified atom stereocenters. The Kier molecular flexibility index (Phi) is 5.10. The minimum Gasteiger partial charge on any atom is -0.536 e. The van der Waals surface area contributed by atoms with Crippen LogP contribution in [0.25, 0.3) is 0 Å². The number of hydrogen-bond acceptors (Lipinski definition) is 2. The highest BCUT2D eigenvalue weighted by atomic mass is 16.5. The van der Waals surface area contributed by atoms with Gasteiger partial charge in [-0.05, 0) is 71.6 Å². The molecule has 0 atom stereocenters. The van der Waals surface area contributed by atoms with E-state index in [0.717, 1.165) is 5.75 Å². The molecule has 0 bridgehead atoms. The molecule has 0 radical (unpaired) electrons. The summed E-state index contributed by atoms with van der Waals surface area (Å²) in [6.07, 6.45) is 0. The van der Waals surface area contributed by atoms with Crippen LogP contribution >= 0.6 is 0 Å². The first-order valence-corrected chi connectivity index (χ1v) is 9.88. The highest BCUT2D eigenvalue weighted by Crippen LogP contribution is 2.37.